The van der Waals surface area contributed by atoms with Crippen molar-refractivity contribution in [2.24, 2.45) is 5.92 Å². The molecular weight excluding hydrogens is 340 g/mol. The third-order valence-electron chi connectivity index (χ3n) is 6.24. The second kappa shape index (κ2) is 6.78. The number of quaternary nitrogens is 1. The fourth-order valence-corrected chi connectivity index (χ4v) is 4.81. The third-order valence-corrected chi connectivity index (χ3v) is 6.24. The number of fused-ring (bicyclic) bond motifs is 2. The largest absolute Gasteiger partial charge is 0.381 e. The number of nitrogens with one attached hydrogen (secondary N) is 2. The van der Waals surface area contributed by atoms with Gasteiger partial charge in [-0.25, -0.2) is 5.43 Å². The van der Waals surface area contributed by atoms with Crippen LogP contribution in [-0.2, 0) is 16.0 Å². The van der Waals surface area contributed by atoms with Crippen molar-refractivity contribution in [3.8, 4) is 0 Å². The van der Waals surface area contributed by atoms with Gasteiger partial charge in [-0.15, -0.1) is 0 Å². The van der Waals surface area contributed by atoms with Gasteiger partial charge >= 0.3 is 0 Å². The van der Waals surface area contributed by atoms with Gasteiger partial charge in [0, 0.05) is 55.4 Å². The molecular formula is C21H27N4O2+. The molecule has 2 atom stereocenters. The number of carbonyl (C=O) groups excluding carboxylic acids is 1. The van der Waals surface area contributed by atoms with E-state index in [-0.39, 0.29) is 11.8 Å². The molecule has 1 fully saturated rings. The van der Waals surface area contributed by atoms with Crippen LogP contribution in [0, 0.1) is 5.92 Å². The first-order valence-electron chi connectivity index (χ1n) is 9.96. The lowest BCUT2D eigenvalue weighted by molar-refractivity contribution is -0.681. The van der Waals surface area contributed by atoms with Crippen LogP contribution in [0.4, 0.5) is 0 Å². The van der Waals surface area contributed by atoms with Gasteiger partial charge in [-0.1, -0.05) is 18.2 Å². The second-order valence-electron chi connectivity index (χ2n) is 7.97. The summed E-state index contributed by atoms with van der Waals surface area (Å²) in [4.78, 5) is 16.4. The molecule has 0 spiro atoms. The van der Waals surface area contributed by atoms with Gasteiger partial charge in [0.15, 0.2) is 0 Å². The van der Waals surface area contributed by atoms with Crippen LogP contribution in [0.3, 0.4) is 0 Å². The van der Waals surface area contributed by atoms with Gasteiger partial charge in [0.1, 0.15) is 12.0 Å². The van der Waals surface area contributed by atoms with Crippen LogP contribution in [0.5, 0.6) is 0 Å². The average Bonchev–Trinajstić information content (AvgIpc) is 3.12. The molecule has 5 rings (SSSR count). The lowest BCUT2D eigenvalue weighted by atomic mass is 9.80. The minimum absolute atomic E-state index is 0.0932. The molecule has 3 heterocycles. The summed E-state index contributed by atoms with van der Waals surface area (Å²) in [7, 11) is 1.86. The summed E-state index contributed by atoms with van der Waals surface area (Å²) in [5, 5.41) is 5.38. The zero-order valence-corrected chi connectivity index (χ0v) is 15.7. The number of aromatic nitrogens is 1. The monoisotopic (exact) mass is 367 g/mol. The van der Waals surface area contributed by atoms with Gasteiger partial charge in [0.2, 0.25) is 5.91 Å². The van der Waals surface area contributed by atoms with Crippen LogP contribution >= 0.6 is 0 Å². The minimum atomic E-state index is -0.0932. The van der Waals surface area contributed by atoms with Crippen LogP contribution < -0.4 is 10.7 Å². The number of hydrogen-bond donors (Lipinski definition) is 3. The molecule has 6 nitrogen and oxygen atoms in total. The molecule has 0 bridgehead atoms. The van der Waals surface area contributed by atoms with Crippen molar-refractivity contribution in [2.45, 2.75) is 31.3 Å². The van der Waals surface area contributed by atoms with Crippen LogP contribution in [0.2, 0.25) is 0 Å². The number of rotatable bonds is 3. The molecule has 142 valence electrons. The molecule has 1 aliphatic carbocycles. The zero-order chi connectivity index (χ0) is 18.4. The fraction of sp³-hybridized carbons (Fsp3) is 0.476. The molecule has 1 saturated heterocycles. The summed E-state index contributed by atoms with van der Waals surface area (Å²) >= 11 is 0. The second-order valence-corrected chi connectivity index (χ2v) is 7.97. The maximum atomic E-state index is 13.0. The lowest BCUT2D eigenvalue weighted by Crippen LogP contribution is -2.93. The lowest BCUT2D eigenvalue weighted by Gasteiger charge is -2.33. The predicted octanol–water partition coefficient (Wildman–Crippen LogP) is 0.811. The van der Waals surface area contributed by atoms with E-state index >= 15 is 0 Å². The van der Waals surface area contributed by atoms with Crippen molar-refractivity contribution >= 4 is 22.4 Å². The first kappa shape index (κ1) is 17.0. The topological polar surface area (TPSA) is 74.0 Å². The first-order chi connectivity index (χ1) is 13.2. The van der Waals surface area contributed by atoms with Crippen molar-refractivity contribution in [1.29, 1.82) is 0 Å². The van der Waals surface area contributed by atoms with Crippen molar-refractivity contribution < 1.29 is 14.8 Å². The molecule has 1 aromatic carbocycles. The molecule has 0 unspecified atom stereocenters. The summed E-state index contributed by atoms with van der Waals surface area (Å²) in [5.41, 5.74) is 8.56. The molecule has 1 aromatic heterocycles. The molecule has 2 aliphatic heterocycles. The Hall–Kier alpha value is -2.15. The molecule has 1 amide bonds. The van der Waals surface area contributed by atoms with E-state index in [9.17, 15) is 4.79 Å². The summed E-state index contributed by atoms with van der Waals surface area (Å²) in [6, 6.07) is 7.17. The average molecular weight is 367 g/mol. The SMILES string of the molecule is CN(NC1CCOCC1)C(=O)[C@@H]1C=C2c3cccc4[nH]cc(c34)C[C@H]2[NH2+]C1. The number of nitrogens with two attached hydrogens (primary N) is 1. The highest BCUT2D eigenvalue weighted by Gasteiger charge is 2.36. The summed E-state index contributed by atoms with van der Waals surface area (Å²) in [5.74, 6) is 0.0556. The van der Waals surface area contributed by atoms with E-state index in [1.54, 1.807) is 5.01 Å². The molecule has 27 heavy (non-hydrogen) atoms. The highest BCUT2D eigenvalue weighted by Crippen LogP contribution is 2.36. The Balaban J connectivity index is 1.39. The van der Waals surface area contributed by atoms with Gasteiger partial charge in [-0.05, 0) is 30.0 Å². The highest BCUT2D eigenvalue weighted by molar-refractivity contribution is 5.98. The van der Waals surface area contributed by atoms with E-state index in [2.05, 4.69) is 46.2 Å². The number of hydrazine groups is 1. The van der Waals surface area contributed by atoms with E-state index in [4.69, 9.17) is 4.74 Å². The van der Waals surface area contributed by atoms with Gasteiger partial charge in [-0.2, -0.15) is 0 Å². The Morgan fingerprint density at radius 2 is 2.19 bits per heavy atom. The highest BCUT2D eigenvalue weighted by atomic mass is 16.5. The summed E-state index contributed by atoms with van der Waals surface area (Å²) in [6.45, 7) is 2.35. The number of hydrogen-bond acceptors (Lipinski definition) is 3. The van der Waals surface area contributed by atoms with Crippen LogP contribution in [0.1, 0.15) is 24.0 Å². The van der Waals surface area contributed by atoms with Crippen LogP contribution in [0.15, 0.2) is 30.5 Å². The molecule has 4 N–H and O–H groups in total. The number of benzene rings is 1. The van der Waals surface area contributed by atoms with Crippen molar-refractivity contribution in [3.63, 3.8) is 0 Å². The number of carbonyl (C=O) groups is 1. The standard InChI is InChI=1S/C21H26N4O2/c1-25(24-15-5-7-27-8-6-15)21(26)14-9-17-16-3-2-4-18-20(16)13(11-22-18)10-19(17)23-12-14/h2-4,9,11,14-15,19,22-24H,5-8,10,12H2,1H3/p+1/t14-,19-/m1/s1. The quantitative estimate of drug-likeness (QED) is 0.703. The van der Waals surface area contributed by atoms with E-state index in [0.29, 0.717) is 12.1 Å². The smallest absolute Gasteiger partial charge is 0.249 e. The number of nitrogens with zero attached hydrogens (tertiary/aromatic N) is 1. The molecule has 0 saturated carbocycles. The van der Waals surface area contributed by atoms with Gasteiger partial charge in [0.05, 0.1) is 6.54 Å². The summed E-state index contributed by atoms with van der Waals surface area (Å²) < 4.78 is 5.41. The van der Waals surface area contributed by atoms with Crippen LogP contribution in [0.25, 0.3) is 16.5 Å². The van der Waals surface area contributed by atoms with Crippen LogP contribution in [-0.4, -0.2) is 54.8 Å². The van der Waals surface area contributed by atoms with Crippen molar-refractivity contribution in [1.82, 2.24) is 15.4 Å². The Morgan fingerprint density at radius 1 is 1.33 bits per heavy atom. The van der Waals surface area contributed by atoms with Gasteiger partial charge in [-0.3, -0.25) is 9.80 Å². The molecule has 2 aromatic rings. The normalized spacial score (nSPS) is 25.1. The van der Waals surface area contributed by atoms with Gasteiger partial charge < -0.3 is 15.0 Å². The maximum Gasteiger partial charge on any atom is 0.249 e. The number of ether oxygens (including phenoxy) is 1. The van der Waals surface area contributed by atoms with E-state index in [1.807, 2.05) is 7.05 Å². The van der Waals surface area contributed by atoms with E-state index < -0.39 is 0 Å². The summed E-state index contributed by atoms with van der Waals surface area (Å²) in [6.07, 6.45) is 7.30. The number of H-pyrrole nitrogens is 1. The Labute approximate surface area is 158 Å². The Bertz CT molecular complexity index is 897. The molecule has 3 aliphatic rings. The fourth-order valence-electron chi connectivity index (χ4n) is 4.81. The maximum absolute atomic E-state index is 13.0. The van der Waals surface area contributed by atoms with E-state index in [0.717, 1.165) is 39.0 Å². The molecule has 6 heteroatoms. The Kier molecular flexibility index (Phi) is 4.27. The van der Waals surface area contributed by atoms with Gasteiger partial charge in [0.25, 0.3) is 0 Å². The van der Waals surface area contributed by atoms with E-state index in [1.165, 1.54) is 27.6 Å². The van der Waals surface area contributed by atoms with Crippen molar-refractivity contribution in [3.05, 3.63) is 41.6 Å². The zero-order valence-electron chi connectivity index (χ0n) is 15.7. The Morgan fingerprint density at radius 3 is 3.04 bits per heavy atom. The first-order valence-corrected chi connectivity index (χ1v) is 9.96. The van der Waals surface area contributed by atoms with Crippen molar-refractivity contribution in [2.75, 3.05) is 26.8 Å². The third kappa shape index (κ3) is 2.98. The number of amides is 1. The molecule has 0 radical (unpaired) electrons. The minimum Gasteiger partial charge on any atom is -0.381 e. The predicted molar refractivity (Wildman–Crippen MR) is 104 cm³/mol. The number of aromatic amines is 1.